The highest BCUT2D eigenvalue weighted by molar-refractivity contribution is 14.1. The zero-order valence-corrected chi connectivity index (χ0v) is 14.3. The number of carbonyl (C=O) groups is 2. The second-order valence-corrected chi connectivity index (χ2v) is 5.87. The maximum atomic E-state index is 11.9. The van der Waals surface area contributed by atoms with Crippen LogP contribution in [0.25, 0.3) is 0 Å². The Morgan fingerprint density at radius 1 is 1.38 bits per heavy atom. The molecule has 0 aliphatic heterocycles. The number of amides is 1. The van der Waals surface area contributed by atoms with Gasteiger partial charge in [0.2, 0.25) is 0 Å². The van der Waals surface area contributed by atoms with Crippen LogP contribution in [-0.2, 0) is 4.79 Å². The molecule has 0 saturated heterocycles. The normalized spacial score (nSPS) is 11.8. The average molecular weight is 405 g/mol. The Balaban J connectivity index is 2.61. The smallest absolute Gasteiger partial charge is 0.335 e. The molecule has 0 aliphatic rings. The Bertz CT molecular complexity index is 504. The van der Waals surface area contributed by atoms with Crippen molar-refractivity contribution in [3.8, 4) is 5.75 Å². The fraction of sp³-hybridized carbons (Fsp3) is 0.467. The molecule has 0 bridgehead atoms. The fourth-order valence-corrected chi connectivity index (χ4v) is 2.16. The molecule has 0 spiro atoms. The molecule has 6 heteroatoms. The van der Waals surface area contributed by atoms with Crippen molar-refractivity contribution in [1.29, 1.82) is 0 Å². The van der Waals surface area contributed by atoms with E-state index in [0.29, 0.717) is 12.3 Å². The van der Waals surface area contributed by atoms with Gasteiger partial charge in [0.25, 0.3) is 5.91 Å². The van der Waals surface area contributed by atoms with Crippen LogP contribution in [0.2, 0.25) is 0 Å². The summed E-state index contributed by atoms with van der Waals surface area (Å²) in [6.45, 7) is 4.39. The van der Waals surface area contributed by atoms with Crippen molar-refractivity contribution in [2.24, 2.45) is 0 Å². The van der Waals surface area contributed by atoms with E-state index >= 15 is 0 Å². The van der Waals surface area contributed by atoms with Gasteiger partial charge in [-0.1, -0.05) is 19.8 Å². The molecule has 0 aliphatic carbocycles. The van der Waals surface area contributed by atoms with Crippen LogP contribution in [-0.4, -0.2) is 29.6 Å². The third-order valence-electron chi connectivity index (χ3n) is 2.93. The molecule has 2 N–H and O–H groups in total. The number of ether oxygens (including phenoxy) is 1. The van der Waals surface area contributed by atoms with E-state index < -0.39 is 12.1 Å². The van der Waals surface area contributed by atoms with Crippen molar-refractivity contribution < 1.29 is 19.4 Å². The highest BCUT2D eigenvalue weighted by Gasteiger charge is 2.16. The van der Waals surface area contributed by atoms with Crippen molar-refractivity contribution in [3.05, 3.63) is 27.3 Å². The number of unbranched alkanes of at least 4 members (excludes halogenated alkanes) is 2. The number of nitrogens with one attached hydrogen (secondary N) is 1. The standard InChI is InChI=1S/C15H20INO4/c1-3-4-5-8-17-14(18)10(2)21-13-9-11(15(19)20)6-7-12(13)16/h6-7,9-10H,3-5,8H2,1-2H3,(H,17,18)(H,19,20). The Labute approximate surface area is 138 Å². The summed E-state index contributed by atoms with van der Waals surface area (Å²) >= 11 is 2.05. The van der Waals surface area contributed by atoms with Gasteiger partial charge < -0.3 is 15.2 Å². The van der Waals surface area contributed by atoms with Crippen molar-refractivity contribution in [3.63, 3.8) is 0 Å². The third-order valence-corrected chi connectivity index (χ3v) is 3.82. The van der Waals surface area contributed by atoms with Gasteiger partial charge in [-0.25, -0.2) is 4.79 Å². The highest BCUT2D eigenvalue weighted by Crippen LogP contribution is 2.23. The van der Waals surface area contributed by atoms with E-state index in [1.165, 1.54) is 12.1 Å². The molecular formula is C15H20INO4. The number of benzene rings is 1. The quantitative estimate of drug-likeness (QED) is 0.515. The summed E-state index contributed by atoms with van der Waals surface area (Å²) in [6, 6.07) is 4.60. The van der Waals surface area contributed by atoms with E-state index in [2.05, 4.69) is 12.2 Å². The topological polar surface area (TPSA) is 75.6 Å². The van der Waals surface area contributed by atoms with Gasteiger partial charge in [-0.2, -0.15) is 0 Å². The molecule has 5 nitrogen and oxygen atoms in total. The van der Waals surface area contributed by atoms with Gasteiger partial charge in [-0.15, -0.1) is 0 Å². The SMILES string of the molecule is CCCCCNC(=O)C(C)Oc1cc(C(=O)O)ccc1I. The second kappa shape index (κ2) is 8.86. The summed E-state index contributed by atoms with van der Waals surface area (Å²) < 4.78 is 6.34. The van der Waals surface area contributed by atoms with E-state index in [4.69, 9.17) is 9.84 Å². The Morgan fingerprint density at radius 2 is 2.10 bits per heavy atom. The molecule has 0 radical (unpaired) electrons. The van der Waals surface area contributed by atoms with Crippen molar-refractivity contribution >= 4 is 34.5 Å². The first-order valence-corrected chi connectivity index (χ1v) is 8.00. The van der Waals surface area contributed by atoms with Gasteiger partial charge in [-0.3, -0.25) is 4.79 Å². The summed E-state index contributed by atoms with van der Waals surface area (Å²) in [7, 11) is 0. The van der Waals surface area contributed by atoms with Crippen LogP contribution in [0.5, 0.6) is 5.75 Å². The van der Waals surface area contributed by atoms with Crippen LogP contribution in [0.15, 0.2) is 18.2 Å². The lowest BCUT2D eigenvalue weighted by atomic mass is 10.2. The molecule has 116 valence electrons. The third kappa shape index (κ3) is 5.91. The zero-order chi connectivity index (χ0) is 15.8. The lowest BCUT2D eigenvalue weighted by Crippen LogP contribution is -2.37. The minimum Gasteiger partial charge on any atom is -0.480 e. The Hall–Kier alpha value is -1.31. The van der Waals surface area contributed by atoms with E-state index in [-0.39, 0.29) is 11.5 Å². The monoisotopic (exact) mass is 405 g/mol. The maximum Gasteiger partial charge on any atom is 0.335 e. The molecule has 1 aromatic carbocycles. The van der Waals surface area contributed by atoms with Gasteiger partial charge in [0.05, 0.1) is 9.13 Å². The molecule has 0 fully saturated rings. The fourth-order valence-electron chi connectivity index (χ4n) is 1.70. The van der Waals surface area contributed by atoms with E-state index in [1.54, 1.807) is 13.0 Å². The van der Waals surface area contributed by atoms with Crippen LogP contribution in [0.4, 0.5) is 0 Å². The first kappa shape index (κ1) is 17.7. The van der Waals surface area contributed by atoms with E-state index in [9.17, 15) is 9.59 Å². The van der Waals surface area contributed by atoms with Gasteiger partial charge in [0.15, 0.2) is 6.10 Å². The zero-order valence-electron chi connectivity index (χ0n) is 12.2. The summed E-state index contributed by atoms with van der Waals surface area (Å²) in [5.74, 6) is -0.803. The number of carbonyl (C=O) groups excluding carboxylic acids is 1. The molecule has 0 aromatic heterocycles. The van der Waals surface area contributed by atoms with Crippen LogP contribution >= 0.6 is 22.6 Å². The predicted molar refractivity (Wildman–Crippen MR) is 88.7 cm³/mol. The predicted octanol–water partition coefficient (Wildman–Crippen LogP) is 3.06. The van der Waals surface area contributed by atoms with Gasteiger partial charge in [0, 0.05) is 6.54 Å². The minimum absolute atomic E-state index is 0.140. The Kier molecular flexibility index (Phi) is 7.49. The van der Waals surface area contributed by atoms with Crippen LogP contribution in [0, 0.1) is 3.57 Å². The van der Waals surface area contributed by atoms with Crippen molar-refractivity contribution in [2.75, 3.05) is 6.54 Å². The van der Waals surface area contributed by atoms with E-state index in [0.717, 1.165) is 22.8 Å². The van der Waals surface area contributed by atoms with Crippen LogP contribution in [0.3, 0.4) is 0 Å². The van der Waals surface area contributed by atoms with Crippen molar-refractivity contribution in [2.45, 2.75) is 39.2 Å². The number of hydrogen-bond donors (Lipinski definition) is 2. The Morgan fingerprint density at radius 3 is 2.71 bits per heavy atom. The average Bonchev–Trinajstić information content (AvgIpc) is 2.45. The van der Waals surface area contributed by atoms with Crippen molar-refractivity contribution in [1.82, 2.24) is 5.32 Å². The molecule has 1 aromatic rings. The largest absolute Gasteiger partial charge is 0.480 e. The molecule has 21 heavy (non-hydrogen) atoms. The first-order valence-electron chi connectivity index (χ1n) is 6.93. The maximum absolute atomic E-state index is 11.9. The number of aromatic carboxylic acids is 1. The van der Waals surface area contributed by atoms with Gasteiger partial charge in [-0.05, 0) is 54.1 Å². The molecular weight excluding hydrogens is 385 g/mol. The number of carboxylic acid groups (broad SMARTS) is 1. The lowest BCUT2D eigenvalue weighted by Gasteiger charge is -2.16. The van der Waals surface area contributed by atoms with Gasteiger partial charge >= 0.3 is 5.97 Å². The molecule has 1 amide bonds. The summed E-state index contributed by atoms with van der Waals surface area (Å²) in [5.41, 5.74) is 0.140. The molecule has 0 saturated carbocycles. The van der Waals surface area contributed by atoms with E-state index in [1.807, 2.05) is 22.6 Å². The summed E-state index contributed by atoms with van der Waals surface area (Å²) in [5, 5.41) is 11.8. The first-order chi connectivity index (χ1) is 9.95. The molecule has 1 atom stereocenters. The molecule has 1 rings (SSSR count). The number of rotatable bonds is 8. The minimum atomic E-state index is -1.02. The molecule has 1 unspecified atom stereocenters. The molecule has 0 heterocycles. The van der Waals surface area contributed by atoms with Crippen LogP contribution < -0.4 is 10.1 Å². The lowest BCUT2D eigenvalue weighted by molar-refractivity contribution is -0.127. The highest BCUT2D eigenvalue weighted by atomic mass is 127. The summed E-state index contributed by atoms with van der Waals surface area (Å²) in [6.07, 6.45) is 2.46. The number of carboxylic acids is 1. The number of hydrogen-bond acceptors (Lipinski definition) is 3. The number of halogens is 1. The second-order valence-electron chi connectivity index (χ2n) is 4.71. The van der Waals surface area contributed by atoms with Crippen LogP contribution in [0.1, 0.15) is 43.5 Å². The summed E-state index contributed by atoms with van der Waals surface area (Å²) in [4.78, 5) is 22.8. The van der Waals surface area contributed by atoms with Gasteiger partial charge in [0.1, 0.15) is 5.75 Å².